The third kappa shape index (κ3) is 3.81. The first-order valence-electron chi connectivity index (χ1n) is 6.99. The Labute approximate surface area is 125 Å². The highest BCUT2D eigenvalue weighted by Crippen LogP contribution is 2.17. The maximum absolute atomic E-state index is 12.0. The molecule has 1 amide bonds. The van der Waals surface area contributed by atoms with Gasteiger partial charge in [-0.25, -0.2) is 8.42 Å². The lowest BCUT2D eigenvalue weighted by molar-refractivity contribution is -0.123. The number of sulfonamides is 1. The third-order valence-corrected chi connectivity index (χ3v) is 5.60. The van der Waals surface area contributed by atoms with Crippen molar-refractivity contribution in [2.24, 2.45) is 5.73 Å². The summed E-state index contributed by atoms with van der Waals surface area (Å²) < 4.78 is 25.3. The van der Waals surface area contributed by atoms with Gasteiger partial charge in [-0.2, -0.15) is 4.31 Å². The van der Waals surface area contributed by atoms with Gasteiger partial charge in [0, 0.05) is 26.2 Å². The number of nitrogens with two attached hydrogens (primary N) is 1. The SMILES string of the molecule is CCS(=O)(=O)N1CCN(Cc2ccccc2)C[C@@H]1C(N)=O. The molecule has 116 valence electrons. The second-order valence-electron chi connectivity index (χ2n) is 5.15. The van der Waals surface area contributed by atoms with Gasteiger partial charge in [0.2, 0.25) is 15.9 Å². The Morgan fingerprint density at radius 1 is 1.29 bits per heavy atom. The predicted molar refractivity (Wildman–Crippen MR) is 80.9 cm³/mol. The summed E-state index contributed by atoms with van der Waals surface area (Å²) in [6.07, 6.45) is 0. The number of piperazine rings is 1. The summed E-state index contributed by atoms with van der Waals surface area (Å²) in [6.45, 7) is 3.49. The molecule has 0 saturated carbocycles. The number of primary amides is 1. The molecule has 0 aromatic heterocycles. The molecule has 0 unspecified atom stereocenters. The van der Waals surface area contributed by atoms with Crippen molar-refractivity contribution in [1.29, 1.82) is 0 Å². The van der Waals surface area contributed by atoms with Gasteiger partial charge in [0.25, 0.3) is 0 Å². The molecule has 1 aliphatic heterocycles. The molecule has 7 heteroatoms. The Kier molecular flexibility index (Phi) is 4.97. The van der Waals surface area contributed by atoms with E-state index in [2.05, 4.69) is 4.90 Å². The lowest BCUT2D eigenvalue weighted by Crippen LogP contribution is -2.59. The maximum atomic E-state index is 12.0. The van der Waals surface area contributed by atoms with E-state index in [0.717, 1.165) is 5.56 Å². The van der Waals surface area contributed by atoms with Gasteiger partial charge in [-0.15, -0.1) is 0 Å². The van der Waals surface area contributed by atoms with Gasteiger partial charge in [0.15, 0.2) is 0 Å². The van der Waals surface area contributed by atoms with E-state index in [1.165, 1.54) is 4.31 Å². The van der Waals surface area contributed by atoms with Gasteiger partial charge in [0.05, 0.1) is 5.75 Å². The van der Waals surface area contributed by atoms with E-state index in [0.29, 0.717) is 26.2 Å². The molecule has 6 nitrogen and oxygen atoms in total. The zero-order valence-electron chi connectivity index (χ0n) is 12.1. The van der Waals surface area contributed by atoms with Crippen molar-refractivity contribution >= 4 is 15.9 Å². The van der Waals surface area contributed by atoms with E-state index in [1.54, 1.807) is 6.92 Å². The topological polar surface area (TPSA) is 83.7 Å². The summed E-state index contributed by atoms with van der Waals surface area (Å²) in [5, 5.41) is 0. The molecule has 1 heterocycles. The zero-order valence-corrected chi connectivity index (χ0v) is 12.9. The van der Waals surface area contributed by atoms with Crippen molar-refractivity contribution in [3.8, 4) is 0 Å². The van der Waals surface area contributed by atoms with Crippen LogP contribution in [-0.4, -0.2) is 55.0 Å². The van der Waals surface area contributed by atoms with Gasteiger partial charge in [-0.1, -0.05) is 30.3 Å². The van der Waals surface area contributed by atoms with E-state index in [1.807, 2.05) is 30.3 Å². The maximum Gasteiger partial charge on any atom is 0.237 e. The summed E-state index contributed by atoms with van der Waals surface area (Å²) in [5.41, 5.74) is 6.52. The van der Waals surface area contributed by atoms with Crippen molar-refractivity contribution < 1.29 is 13.2 Å². The van der Waals surface area contributed by atoms with Crippen LogP contribution in [0.15, 0.2) is 30.3 Å². The van der Waals surface area contributed by atoms with E-state index in [-0.39, 0.29) is 5.75 Å². The van der Waals surface area contributed by atoms with Crippen LogP contribution in [0.5, 0.6) is 0 Å². The van der Waals surface area contributed by atoms with Gasteiger partial charge in [-0.05, 0) is 12.5 Å². The average molecular weight is 311 g/mol. The molecule has 1 atom stereocenters. The van der Waals surface area contributed by atoms with Crippen LogP contribution in [-0.2, 0) is 21.4 Å². The number of rotatable bonds is 5. The highest BCUT2D eigenvalue weighted by Gasteiger charge is 2.37. The standard InChI is InChI=1S/C14H21N3O3S/c1-2-21(19,20)17-9-8-16(11-13(17)14(15)18)10-12-6-4-3-5-7-12/h3-7,13H,2,8-11H2,1H3,(H2,15,18)/t13-/m1/s1. The van der Waals surface area contributed by atoms with Crippen LogP contribution >= 0.6 is 0 Å². The monoisotopic (exact) mass is 311 g/mol. The molecule has 2 N–H and O–H groups in total. The average Bonchev–Trinajstić information content (AvgIpc) is 2.48. The van der Waals surface area contributed by atoms with Crippen LogP contribution in [0.3, 0.4) is 0 Å². The van der Waals surface area contributed by atoms with Gasteiger partial charge < -0.3 is 5.73 Å². The van der Waals surface area contributed by atoms with Crippen LogP contribution in [0.1, 0.15) is 12.5 Å². The normalized spacial score (nSPS) is 21.3. The summed E-state index contributed by atoms with van der Waals surface area (Å²) in [5.74, 6) is -0.611. The molecule has 21 heavy (non-hydrogen) atoms. The molecule has 1 fully saturated rings. The largest absolute Gasteiger partial charge is 0.368 e. The fraction of sp³-hybridized carbons (Fsp3) is 0.500. The van der Waals surface area contributed by atoms with Gasteiger partial charge in [-0.3, -0.25) is 9.69 Å². The molecule has 0 bridgehead atoms. The molecule has 1 aromatic rings. The Morgan fingerprint density at radius 3 is 2.52 bits per heavy atom. The van der Waals surface area contributed by atoms with Crippen molar-refractivity contribution in [1.82, 2.24) is 9.21 Å². The lowest BCUT2D eigenvalue weighted by atomic mass is 10.1. The van der Waals surface area contributed by atoms with Crippen molar-refractivity contribution in [2.45, 2.75) is 19.5 Å². The predicted octanol–water partition coefficient (Wildman–Crippen LogP) is 0.00780. The van der Waals surface area contributed by atoms with Crippen molar-refractivity contribution in [2.75, 3.05) is 25.4 Å². The highest BCUT2D eigenvalue weighted by molar-refractivity contribution is 7.89. The van der Waals surface area contributed by atoms with E-state index in [9.17, 15) is 13.2 Å². The Morgan fingerprint density at radius 2 is 1.95 bits per heavy atom. The number of amides is 1. The molecular formula is C14H21N3O3S. The zero-order chi connectivity index (χ0) is 15.5. The quantitative estimate of drug-likeness (QED) is 0.830. The number of benzene rings is 1. The molecule has 2 rings (SSSR count). The van der Waals surface area contributed by atoms with Gasteiger partial charge in [0.1, 0.15) is 6.04 Å². The number of hydrogen-bond acceptors (Lipinski definition) is 4. The summed E-state index contributed by atoms with van der Waals surface area (Å²) in [6, 6.07) is 9.09. The van der Waals surface area contributed by atoms with Crippen LogP contribution in [0, 0.1) is 0 Å². The minimum absolute atomic E-state index is 0.0184. The van der Waals surface area contributed by atoms with E-state index >= 15 is 0 Å². The Bertz CT molecular complexity index is 589. The van der Waals surface area contributed by atoms with E-state index in [4.69, 9.17) is 5.73 Å². The fourth-order valence-corrected chi connectivity index (χ4v) is 3.79. The minimum atomic E-state index is -3.41. The van der Waals surface area contributed by atoms with E-state index < -0.39 is 22.0 Å². The van der Waals surface area contributed by atoms with Crippen molar-refractivity contribution in [3.63, 3.8) is 0 Å². The van der Waals surface area contributed by atoms with Crippen LogP contribution < -0.4 is 5.73 Å². The first-order chi connectivity index (χ1) is 9.94. The highest BCUT2D eigenvalue weighted by atomic mass is 32.2. The van der Waals surface area contributed by atoms with Crippen LogP contribution in [0.25, 0.3) is 0 Å². The van der Waals surface area contributed by atoms with Crippen LogP contribution in [0.4, 0.5) is 0 Å². The summed E-state index contributed by atoms with van der Waals surface area (Å²) in [4.78, 5) is 13.7. The molecule has 0 radical (unpaired) electrons. The van der Waals surface area contributed by atoms with Crippen LogP contribution in [0.2, 0.25) is 0 Å². The number of hydrogen-bond donors (Lipinski definition) is 1. The molecule has 0 aliphatic carbocycles. The Balaban J connectivity index is 2.10. The first-order valence-corrected chi connectivity index (χ1v) is 8.60. The fourth-order valence-electron chi connectivity index (χ4n) is 2.54. The second-order valence-corrected chi connectivity index (χ2v) is 7.36. The second kappa shape index (κ2) is 6.55. The third-order valence-electron chi connectivity index (χ3n) is 3.71. The number of nitrogens with zero attached hydrogens (tertiary/aromatic N) is 2. The molecule has 1 saturated heterocycles. The lowest BCUT2D eigenvalue weighted by Gasteiger charge is -2.38. The number of carbonyl (C=O) groups excluding carboxylic acids is 1. The molecular weight excluding hydrogens is 290 g/mol. The summed E-state index contributed by atoms with van der Waals surface area (Å²) >= 11 is 0. The van der Waals surface area contributed by atoms with Gasteiger partial charge >= 0.3 is 0 Å². The van der Waals surface area contributed by atoms with Crippen molar-refractivity contribution in [3.05, 3.63) is 35.9 Å². The molecule has 0 spiro atoms. The number of carbonyl (C=O) groups is 1. The molecule has 1 aliphatic rings. The Hall–Kier alpha value is -1.44. The smallest absolute Gasteiger partial charge is 0.237 e. The molecule has 1 aromatic carbocycles. The minimum Gasteiger partial charge on any atom is -0.368 e. The first kappa shape index (κ1) is 15.9. The summed E-state index contributed by atoms with van der Waals surface area (Å²) in [7, 11) is -3.41.